The number of benzene rings is 3. The van der Waals surface area contributed by atoms with Crippen LogP contribution in [-0.2, 0) is 4.79 Å². The summed E-state index contributed by atoms with van der Waals surface area (Å²) in [5.74, 6) is 0.814. The molecular weight excluding hydrogens is 392 g/mol. The zero-order chi connectivity index (χ0) is 22.1. The molecule has 2 amide bonds. The molecule has 0 spiro atoms. The highest BCUT2D eigenvalue weighted by Crippen LogP contribution is 2.21. The van der Waals surface area contributed by atoms with Gasteiger partial charge < -0.3 is 20.1 Å². The third-order valence-corrected chi connectivity index (χ3v) is 4.42. The number of carbonyl (C=O) groups is 2. The lowest BCUT2D eigenvalue weighted by molar-refractivity contribution is -0.118. The summed E-state index contributed by atoms with van der Waals surface area (Å²) in [5, 5.41) is 5.67. The van der Waals surface area contributed by atoms with Crippen LogP contribution in [0.1, 0.15) is 24.2 Å². The highest BCUT2D eigenvalue weighted by atomic mass is 16.5. The maximum Gasteiger partial charge on any atom is 0.259 e. The summed E-state index contributed by atoms with van der Waals surface area (Å²) in [6.07, 6.45) is 0. The Balaban J connectivity index is 1.56. The van der Waals surface area contributed by atoms with Crippen LogP contribution in [0.4, 0.5) is 11.4 Å². The van der Waals surface area contributed by atoms with Crippen molar-refractivity contribution in [2.24, 2.45) is 5.92 Å². The number of anilines is 2. The topological polar surface area (TPSA) is 76.7 Å². The summed E-state index contributed by atoms with van der Waals surface area (Å²) < 4.78 is 11.4. The Morgan fingerprint density at radius 1 is 0.742 bits per heavy atom. The summed E-state index contributed by atoms with van der Waals surface area (Å²) in [5.41, 5.74) is 1.73. The van der Waals surface area contributed by atoms with E-state index < -0.39 is 0 Å². The van der Waals surface area contributed by atoms with Crippen LogP contribution >= 0.6 is 0 Å². The molecule has 0 fully saturated rings. The normalized spacial score (nSPS) is 10.4. The molecule has 0 saturated carbocycles. The molecule has 0 aliphatic heterocycles. The fourth-order valence-electron chi connectivity index (χ4n) is 2.73. The Morgan fingerprint density at radius 3 is 2.00 bits per heavy atom. The standard InChI is InChI=1S/C25H26N2O4/c1-18(2)24(28)26-19-12-14-20(15-13-19)27-25(29)22-10-6-7-11-23(22)31-17-16-30-21-8-4-3-5-9-21/h3-15,18H,16-17H2,1-2H3,(H,26,28)(H,27,29). The lowest BCUT2D eigenvalue weighted by Gasteiger charge is -2.13. The van der Waals surface area contributed by atoms with Gasteiger partial charge in [-0.15, -0.1) is 0 Å². The fourth-order valence-corrected chi connectivity index (χ4v) is 2.73. The van der Waals surface area contributed by atoms with E-state index in [1.807, 2.05) is 50.2 Å². The van der Waals surface area contributed by atoms with Gasteiger partial charge in [-0.05, 0) is 48.5 Å². The molecule has 0 atom stereocenters. The minimum absolute atomic E-state index is 0.0564. The monoisotopic (exact) mass is 418 g/mol. The van der Waals surface area contributed by atoms with Crippen molar-refractivity contribution in [3.05, 3.63) is 84.4 Å². The van der Waals surface area contributed by atoms with Crippen LogP contribution in [0.25, 0.3) is 0 Å². The minimum atomic E-state index is -0.279. The quantitative estimate of drug-likeness (QED) is 0.480. The Kier molecular flexibility index (Phi) is 7.65. The first kappa shape index (κ1) is 21.9. The van der Waals surface area contributed by atoms with Crippen LogP contribution < -0.4 is 20.1 Å². The van der Waals surface area contributed by atoms with Gasteiger partial charge in [-0.1, -0.05) is 44.2 Å². The number of hydrogen-bond acceptors (Lipinski definition) is 4. The third-order valence-electron chi connectivity index (χ3n) is 4.42. The number of hydrogen-bond donors (Lipinski definition) is 2. The number of amides is 2. The van der Waals surface area contributed by atoms with Crippen molar-refractivity contribution in [1.29, 1.82) is 0 Å². The molecule has 3 aromatic carbocycles. The highest BCUT2D eigenvalue weighted by Gasteiger charge is 2.13. The van der Waals surface area contributed by atoms with Gasteiger partial charge in [0.1, 0.15) is 24.7 Å². The molecule has 0 bridgehead atoms. The van der Waals surface area contributed by atoms with Gasteiger partial charge in [0.2, 0.25) is 5.91 Å². The SMILES string of the molecule is CC(C)C(=O)Nc1ccc(NC(=O)c2ccccc2OCCOc2ccccc2)cc1. The molecule has 160 valence electrons. The molecule has 0 heterocycles. The molecule has 3 rings (SSSR count). The van der Waals surface area contributed by atoms with E-state index in [0.29, 0.717) is 35.9 Å². The van der Waals surface area contributed by atoms with Gasteiger partial charge in [0.25, 0.3) is 5.91 Å². The Bertz CT molecular complexity index is 1000. The van der Waals surface area contributed by atoms with Gasteiger partial charge in [0, 0.05) is 17.3 Å². The van der Waals surface area contributed by atoms with Crippen molar-refractivity contribution in [3.63, 3.8) is 0 Å². The first-order valence-electron chi connectivity index (χ1n) is 10.1. The van der Waals surface area contributed by atoms with E-state index in [-0.39, 0.29) is 17.7 Å². The molecular formula is C25H26N2O4. The van der Waals surface area contributed by atoms with Gasteiger partial charge in [-0.2, -0.15) is 0 Å². The summed E-state index contributed by atoms with van der Waals surface area (Å²) >= 11 is 0. The molecule has 6 nitrogen and oxygen atoms in total. The van der Waals surface area contributed by atoms with Crippen LogP contribution in [0.2, 0.25) is 0 Å². The van der Waals surface area contributed by atoms with Gasteiger partial charge in [-0.25, -0.2) is 0 Å². The third kappa shape index (κ3) is 6.60. The Morgan fingerprint density at radius 2 is 1.32 bits per heavy atom. The highest BCUT2D eigenvalue weighted by molar-refractivity contribution is 6.06. The van der Waals surface area contributed by atoms with E-state index in [4.69, 9.17) is 9.47 Å². The Labute approximate surface area is 182 Å². The second kappa shape index (κ2) is 10.8. The first-order chi connectivity index (χ1) is 15.0. The number of rotatable bonds is 9. The maximum atomic E-state index is 12.7. The summed E-state index contributed by atoms with van der Waals surface area (Å²) in [4.78, 5) is 24.5. The van der Waals surface area contributed by atoms with E-state index in [9.17, 15) is 9.59 Å². The van der Waals surface area contributed by atoms with Crippen LogP contribution in [0, 0.1) is 5.92 Å². The zero-order valence-electron chi connectivity index (χ0n) is 17.6. The molecule has 2 N–H and O–H groups in total. The van der Waals surface area contributed by atoms with E-state index >= 15 is 0 Å². The largest absolute Gasteiger partial charge is 0.490 e. The Hall–Kier alpha value is -3.80. The van der Waals surface area contributed by atoms with Crippen LogP contribution in [-0.4, -0.2) is 25.0 Å². The van der Waals surface area contributed by atoms with Gasteiger partial charge in [0.05, 0.1) is 5.56 Å². The molecule has 0 aliphatic rings. The fraction of sp³-hybridized carbons (Fsp3) is 0.200. The number of nitrogens with one attached hydrogen (secondary N) is 2. The van der Waals surface area contributed by atoms with Crippen molar-refractivity contribution in [1.82, 2.24) is 0 Å². The summed E-state index contributed by atoms with van der Waals surface area (Å²) in [6.45, 7) is 4.33. The number of para-hydroxylation sites is 2. The smallest absolute Gasteiger partial charge is 0.259 e. The lowest BCUT2D eigenvalue weighted by atomic mass is 10.1. The average molecular weight is 418 g/mol. The predicted molar refractivity (Wildman–Crippen MR) is 122 cm³/mol. The molecule has 0 aromatic heterocycles. The van der Waals surface area contributed by atoms with Crippen molar-refractivity contribution >= 4 is 23.2 Å². The van der Waals surface area contributed by atoms with E-state index in [1.54, 1.807) is 42.5 Å². The number of ether oxygens (including phenoxy) is 2. The predicted octanol–water partition coefficient (Wildman–Crippen LogP) is 4.99. The van der Waals surface area contributed by atoms with E-state index in [2.05, 4.69) is 10.6 Å². The van der Waals surface area contributed by atoms with Crippen molar-refractivity contribution in [2.45, 2.75) is 13.8 Å². The second-order valence-electron chi connectivity index (χ2n) is 7.18. The average Bonchev–Trinajstić information content (AvgIpc) is 2.79. The minimum Gasteiger partial charge on any atom is -0.490 e. The van der Waals surface area contributed by atoms with Crippen LogP contribution in [0.15, 0.2) is 78.9 Å². The van der Waals surface area contributed by atoms with Crippen LogP contribution in [0.3, 0.4) is 0 Å². The van der Waals surface area contributed by atoms with Crippen molar-refractivity contribution < 1.29 is 19.1 Å². The molecule has 6 heteroatoms. The molecule has 0 unspecified atom stereocenters. The number of carbonyl (C=O) groups excluding carboxylic acids is 2. The molecule has 3 aromatic rings. The maximum absolute atomic E-state index is 12.7. The van der Waals surface area contributed by atoms with E-state index in [0.717, 1.165) is 5.75 Å². The van der Waals surface area contributed by atoms with Gasteiger partial charge >= 0.3 is 0 Å². The lowest BCUT2D eigenvalue weighted by Crippen LogP contribution is -2.18. The van der Waals surface area contributed by atoms with E-state index in [1.165, 1.54) is 0 Å². The first-order valence-corrected chi connectivity index (χ1v) is 10.1. The zero-order valence-corrected chi connectivity index (χ0v) is 17.6. The summed E-state index contributed by atoms with van der Waals surface area (Å²) in [6, 6.07) is 23.5. The summed E-state index contributed by atoms with van der Waals surface area (Å²) in [7, 11) is 0. The molecule has 0 saturated heterocycles. The molecule has 0 radical (unpaired) electrons. The van der Waals surface area contributed by atoms with Gasteiger partial charge in [0.15, 0.2) is 0 Å². The van der Waals surface area contributed by atoms with Gasteiger partial charge in [-0.3, -0.25) is 9.59 Å². The second-order valence-corrected chi connectivity index (χ2v) is 7.18. The van der Waals surface area contributed by atoms with Crippen molar-refractivity contribution in [2.75, 3.05) is 23.8 Å². The van der Waals surface area contributed by atoms with Crippen LogP contribution in [0.5, 0.6) is 11.5 Å². The molecule has 31 heavy (non-hydrogen) atoms. The molecule has 0 aliphatic carbocycles. The van der Waals surface area contributed by atoms with Crippen molar-refractivity contribution in [3.8, 4) is 11.5 Å².